The molecule has 2 rings (SSSR count). The first-order chi connectivity index (χ1) is 13.6. The summed E-state index contributed by atoms with van der Waals surface area (Å²) in [5.41, 5.74) is -1.28. The molecule has 0 spiro atoms. The molecule has 0 saturated heterocycles. The summed E-state index contributed by atoms with van der Waals surface area (Å²) < 4.78 is 13.2. The Hall–Kier alpha value is -2.72. The minimum atomic E-state index is -0.803. The Labute approximate surface area is 176 Å². The third-order valence-electron chi connectivity index (χ3n) is 4.03. The van der Waals surface area contributed by atoms with Crippen LogP contribution in [0.15, 0.2) is 27.8 Å². The maximum absolute atomic E-state index is 12.5. The molecule has 29 heavy (non-hydrogen) atoms. The molecule has 0 fully saturated rings. The predicted octanol–water partition coefficient (Wildman–Crippen LogP) is 1.76. The lowest BCUT2D eigenvalue weighted by atomic mass is 10.2. The number of halogens is 1. The summed E-state index contributed by atoms with van der Waals surface area (Å²) in [5.74, 6) is -1.30. The second-order valence-corrected chi connectivity index (χ2v) is 6.96. The first-order valence-corrected chi connectivity index (χ1v) is 9.42. The molecule has 1 aromatic heterocycles. The Morgan fingerprint density at radius 2 is 1.76 bits per heavy atom. The number of ether oxygens (including phenoxy) is 2. The maximum atomic E-state index is 12.5. The second kappa shape index (κ2) is 9.19. The lowest BCUT2D eigenvalue weighted by molar-refractivity contribution is -0.145. The molecule has 156 valence electrons. The highest BCUT2D eigenvalue weighted by Crippen LogP contribution is 2.21. The number of hydrogen-bond acceptors (Lipinski definition) is 7. The molecule has 0 N–H and O–H groups in total. The fourth-order valence-electron chi connectivity index (χ4n) is 2.54. The zero-order valence-electron chi connectivity index (χ0n) is 16.3. The van der Waals surface area contributed by atoms with Crippen molar-refractivity contribution in [1.82, 2.24) is 13.7 Å². The molecule has 2 aromatic rings. The number of benzene rings is 1. The van der Waals surface area contributed by atoms with E-state index in [9.17, 15) is 19.2 Å². The van der Waals surface area contributed by atoms with Gasteiger partial charge in [-0.15, -0.1) is 0 Å². The number of aromatic nitrogens is 3. The molecule has 0 aliphatic rings. The van der Waals surface area contributed by atoms with Gasteiger partial charge >= 0.3 is 23.3 Å². The van der Waals surface area contributed by atoms with Gasteiger partial charge in [0.2, 0.25) is 0 Å². The monoisotopic (exact) mass is 441 g/mol. The van der Waals surface area contributed by atoms with E-state index in [0.717, 1.165) is 13.7 Å². The summed E-state index contributed by atoms with van der Waals surface area (Å²) >= 11 is 11.1. The molecule has 9 nitrogen and oxygen atoms in total. The standard InChI is InChI=1S/C18H20ClN3O6S/c1-5-27-14(23)8-10(2)28-15(24)12-9-11(6-7-13(12)19)22-16(25)20(3)18(29)21(4)17(22)26/h6-7,9-10H,5,8H2,1-4H3/t10-/m0/s1. The van der Waals surface area contributed by atoms with Gasteiger partial charge in [-0.2, -0.15) is 0 Å². The van der Waals surface area contributed by atoms with Gasteiger partial charge in [0.25, 0.3) is 0 Å². The van der Waals surface area contributed by atoms with Crippen molar-refractivity contribution < 1.29 is 19.1 Å². The van der Waals surface area contributed by atoms with Crippen molar-refractivity contribution in [3.05, 3.63) is 54.5 Å². The number of esters is 2. The minimum Gasteiger partial charge on any atom is -0.466 e. The van der Waals surface area contributed by atoms with Gasteiger partial charge < -0.3 is 9.47 Å². The van der Waals surface area contributed by atoms with E-state index in [1.165, 1.54) is 39.2 Å². The normalized spacial score (nSPS) is 11.8. The number of carbonyl (C=O) groups is 2. The Bertz CT molecular complexity index is 1090. The van der Waals surface area contributed by atoms with Crippen LogP contribution < -0.4 is 11.4 Å². The largest absolute Gasteiger partial charge is 0.466 e. The third kappa shape index (κ3) is 4.83. The lowest BCUT2D eigenvalue weighted by Crippen LogP contribution is -2.43. The molecule has 0 unspecified atom stereocenters. The first kappa shape index (κ1) is 22.6. The van der Waals surface area contributed by atoms with E-state index >= 15 is 0 Å². The van der Waals surface area contributed by atoms with Crippen LogP contribution >= 0.6 is 23.8 Å². The number of carbonyl (C=O) groups excluding carboxylic acids is 2. The lowest BCUT2D eigenvalue weighted by Gasteiger charge is -2.15. The summed E-state index contributed by atoms with van der Waals surface area (Å²) in [6, 6.07) is 4.07. The van der Waals surface area contributed by atoms with E-state index in [-0.39, 0.29) is 34.1 Å². The Morgan fingerprint density at radius 3 is 2.31 bits per heavy atom. The van der Waals surface area contributed by atoms with Crippen LogP contribution in [0.5, 0.6) is 0 Å². The Morgan fingerprint density at radius 1 is 1.17 bits per heavy atom. The van der Waals surface area contributed by atoms with Gasteiger partial charge in [-0.1, -0.05) is 11.6 Å². The fraction of sp³-hybridized carbons (Fsp3) is 0.389. The van der Waals surface area contributed by atoms with Gasteiger partial charge in [0.05, 0.1) is 29.3 Å². The van der Waals surface area contributed by atoms with E-state index in [0.29, 0.717) is 0 Å². The smallest absolute Gasteiger partial charge is 0.340 e. The first-order valence-electron chi connectivity index (χ1n) is 8.64. The van der Waals surface area contributed by atoms with Gasteiger partial charge in [0.1, 0.15) is 6.10 Å². The highest BCUT2D eigenvalue weighted by molar-refractivity contribution is 7.71. The van der Waals surface area contributed by atoms with Crippen LogP contribution in [0.2, 0.25) is 5.02 Å². The van der Waals surface area contributed by atoms with Crippen LogP contribution in [-0.2, 0) is 28.4 Å². The van der Waals surface area contributed by atoms with E-state index in [4.69, 9.17) is 33.3 Å². The molecule has 0 aliphatic heterocycles. The molecule has 0 amide bonds. The van der Waals surface area contributed by atoms with Gasteiger partial charge in [-0.3, -0.25) is 13.9 Å². The average Bonchev–Trinajstić information content (AvgIpc) is 2.66. The van der Waals surface area contributed by atoms with E-state index < -0.39 is 29.4 Å². The molecule has 1 heterocycles. The van der Waals surface area contributed by atoms with Crippen LogP contribution in [0.25, 0.3) is 5.69 Å². The van der Waals surface area contributed by atoms with Crippen LogP contribution in [-0.4, -0.2) is 38.4 Å². The number of rotatable bonds is 6. The Kier molecular flexibility index (Phi) is 7.15. The zero-order valence-corrected chi connectivity index (χ0v) is 17.9. The van der Waals surface area contributed by atoms with Gasteiger partial charge in [-0.05, 0) is 44.3 Å². The quantitative estimate of drug-likeness (QED) is 0.497. The molecule has 1 atom stereocenters. The third-order valence-corrected chi connectivity index (χ3v) is 4.90. The summed E-state index contributed by atoms with van der Waals surface area (Å²) in [6.07, 6.45) is -0.873. The van der Waals surface area contributed by atoms with Gasteiger partial charge in [0, 0.05) is 14.1 Å². The van der Waals surface area contributed by atoms with Crippen molar-refractivity contribution in [2.24, 2.45) is 14.1 Å². The summed E-state index contributed by atoms with van der Waals surface area (Å²) in [5, 5.41) is 0.0659. The summed E-state index contributed by atoms with van der Waals surface area (Å²) in [4.78, 5) is 49.1. The van der Waals surface area contributed by atoms with Crippen molar-refractivity contribution in [3.63, 3.8) is 0 Å². The van der Waals surface area contributed by atoms with Crippen molar-refractivity contribution >= 4 is 35.8 Å². The minimum absolute atomic E-state index is 0.0534. The van der Waals surface area contributed by atoms with Gasteiger partial charge in [-0.25, -0.2) is 19.0 Å². The van der Waals surface area contributed by atoms with E-state index in [1.807, 2.05) is 0 Å². The molecular formula is C18H20ClN3O6S. The van der Waals surface area contributed by atoms with E-state index in [1.54, 1.807) is 6.92 Å². The maximum Gasteiger partial charge on any atom is 0.340 e. The van der Waals surface area contributed by atoms with Crippen molar-refractivity contribution in [3.8, 4) is 5.69 Å². The Balaban J connectivity index is 2.43. The molecule has 1 aromatic carbocycles. The number of nitrogens with zero attached hydrogens (tertiary/aromatic N) is 3. The zero-order chi connectivity index (χ0) is 21.9. The van der Waals surface area contributed by atoms with Crippen LogP contribution in [0.3, 0.4) is 0 Å². The highest BCUT2D eigenvalue weighted by Gasteiger charge is 2.20. The van der Waals surface area contributed by atoms with Crippen LogP contribution in [0.1, 0.15) is 30.6 Å². The van der Waals surface area contributed by atoms with Crippen molar-refractivity contribution in [2.75, 3.05) is 6.61 Å². The topological polar surface area (TPSA) is 102 Å². The molecular weight excluding hydrogens is 422 g/mol. The summed E-state index contributed by atoms with van der Waals surface area (Å²) in [7, 11) is 2.87. The summed E-state index contributed by atoms with van der Waals surface area (Å²) in [6.45, 7) is 3.43. The molecule has 0 saturated carbocycles. The number of hydrogen-bond donors (Lipinski definition) is 0. The SMILES string of the molecule is CCOC(=O)C[C@H](C)OC(=O)c1cc(-n2c(=O)n(C)c(=S)n(C)c2=O)ccc1Cl. The van der Waals surface area contributed by atoms with Crippen LogP contribution in [0, 0.1) is 4.77 Å². The fourth-order valence-corrected chi connectivity index (χ4v) is 2.89. The highest BCUT2D eigenvalue weighted by atomic mass is 35.5. The molecule has 0 aliphatic carbocycles. The molecule has 0 bridgehead atoms. The van der Waals surface area contributed by atoms with E-state index in [2.05, 4.69) is 0 Å². The van der Waals surface area contributed by atoms with Crippen molar-refractivity contribution in [1.29, 1.82) is 0 Å². The molecule has 0 radical (unpaired) electrons. The molecule has 11 heteroatoms. The van der Waals surface area contributed by atoms with Gasteiger partial charge in [0.15, 0.2) is 4.77 Å². The van der Waals surface area contributed by atoms with Crippen molar-refractivity contribution in [2.45, 2.75) is 26.4 Å². The average molecular weight is 442 g/mol. The second-order valence-electron chi connectivity index (χ2n) is 6.19. The predicted molar refractivity (Wildman–Crippen MR) is 108 cm³/mol. The van der Waals surface area contributed by atoms with Crippen LogP contribution in [0.4, 0.5) is 0 Å².